The molecule has 0 aromatic heterocycles. The maximum Gasteiger partial charge on any atom is 0.152 e. The van der Waals surface area contributed by atoms with Crippen molar-refractivity contribution in [1.82, 2.24) is 5.32 Å². The second kappa shape index (κ2) is 2.24. The summed E-state index contributed by atoms with van der Waals surface area (Å²) < 4.78 is 0. The average molecular weight is 114 g/mol. The first-order chi connectivity index (χ1) is 3.84. The van der Waals surface area contributed by atoms with E-state index in [4.69, 9.17) is 5.73 Å². The number of hydrogen-bond acceptors (Lipinski definition) is 3. The summed E-state index contributed by atoms with van der Waals surface area (Å²) in [5.41, 5.74) is 5.24. The lowest BCUT2D eigenvalue weighted by atomic mass is 10.2. The lowest BCUT2D eigenvalue weighted by molar-refractivity contribution is -0.118. The van der Waals surface area contributed by atoms with E-state index in [2.05, 4.69) is 5.32 Å². The van der Waals surface area contributed by atoms with Crippen LogP contribution in [0.3, 0.4) is 0 Å². The minimum absolute atomic E-state index is 0.0463. The molecule has 0 bridgehead atoms. The minimum Gasteiger partial charge on any atom is -0.328 e. The first-order valence-electron chi connectivity index (χ1n) is 2.81. The zero-order chi connectivity index (χ0) is 5.98. The molecule has 0 aromatic rings. The molecule has 1 rings (SSSR count). The molecule has 1 fully saturated rings. The van der Waals surface area contributed by atoms with E-state index in [0.717, 1.165) is 6.54 Å². The molecular formula is C5H10N2O. The number of nitrogens with two attached hydrogens (primary N) is 1. The maximum absolute atomic E-state index is 10.7. The van der Waals surface area contributed by atoms with Crippen molar-refractivity contribution in [2.45, 2.75) is 12.5 Å². The van der Waals surface area contributed by atoms with Crippen LogP contribution in [0.1, 0.15) is 6.42 Å². The molecule has 1 atom stereocenters. The van der Waals surface area contributed by atoms with Gasteiger partial charge in [0.1, 0.15) is 0 Å². The molecule has 3 nitrogen and oxygen atoms in total. The number of hydrogen-bond donors (Lipinski definition) is 2. The van der Waals surface area contributed by atoms with Crippen molar-refractivity contribution in [3.05, 3.63) is 0 Å². The van der Waals surface area contributed by atoms with Crippen LogP contribution in [0.5, 0.6) is 0 Å². The molecule has 1 heterocycles. The topological polar surface area (TPSA) is 55.1 Å². The molecule has 0 radical (unpaired) electrons. The van der Waals surface area contributed by atoms with E-state index in [0.29, 0.717) is 13.0 Å². The molecule has 3 N–H and O–H groups in total. The number of carbonyl (C=O) groups is 1. The van der Waals surface area contributed by atoms with Crippen LogP contribution in [0.4, 0.5) is 0 Å². The van der Waals surface area contributed by atoms with Gasteiger partial charge in [-0.25, -0.2) is 0 Å². The molecule has 0 aliphatic carbocycles. The molecule has 0 saturated carbocycles. The summed E-state index contributed by atoms with van der Waals surface area (Å²) in [5, 5.41) is 2.98. The Bertz CT molecular complexity index is 103. The largest absolute Gasteiger partial charge is 0.328 e. The van der Waals surface area contributed by atoms with Crippen molar-refractivity contribution >= 4 is 5.78 Å². The molecule has 0 aromatic carbocycles. The van der Waals surface area contributed by atoms with Crippen LogP contribution in [0.25, 0.3) is 0 Å². The number of ketones is 1. The average Bonchev–Trinajstić information content (AvgIpc) is 2.14. The van der Waals surface area contributed by atoms with Gasteiger partial charge in [-0.3, -0.25) is 4.79 Å². The van der Waals surface area contributed by atoms with E-state index in [9.17, 15) is 4.79 Å². The fraction of sp³-hybridized carbons (Fsp3) is 0.800. The van der Waals surface area contributed by atoms with Crippen LogP contribution in [0.15, 0.2) is 0 Å². The van der Waals surface area contributed by atoms with E-state index >= 15 is 0 Å². The van der Waals surface area contributed by atoms with E-state index < -0.39 is 0 Å². The summed E-state index contributed by atoms with van der Waals surface area (Å²) in [6.07, 6.45) is 0.655. The Morgan fingerprint density at radius 1 is 1.88 bits per heavy atom. The Morgan fingerprint density at radius 3 is 2.88 bits per heavy atom. The van der Waals surface area contributed by atoms with E-state index in [-0.39, 0.29) is 11.8 Å². The second-order valence-corrected chi connectivity index (χ2v) is 1.96. The van der Waals surface area contributed by atoms with E-state index in [1.807, 2.05) is 0 Å². The zero-order valence-electron chi connectivity index (χ0n) is 4.68. The van der Waals surface area contributed by atoms with Crippen LogP contribution in [-0.4, -0.2) is 24.9 Å². The Labute approximate surface area is 48.2 Å². The van der Waals surface area contributed by atoms with Crippen LogP contribution in [0, 0.1) is 0 Å². The molecule has 3 heteroatoms. The van der Waals surface area contributed by atoms with Gasteiger partial charge in [-0.1, -0.05) is 0 Å². The summed E-state index contributed by atoms with van der Waals surface area (Å²) in [7, 11) is 0. The normalized spacial score (nSPS) is 29.1. The smallest absolute Gasteiger partial charge is 0.152 e. The van der Waals surface area contributed by atoms with Crippen molar-refractivity contribution in [2.24, 2.45) is 5.73 Å². The molecule has 1 saturated heterocycles. The van der Waals surface area contributed by atoms with Gasteiger partial charge in [-0.05, 0) is 0 Å². The molecule has 1 aliphatic heterocycles. The highest BCUT2D eigenvalue weighted by Crippen LogP contribution is 1.96. The van der Waals surface area contributed by atoms with Crippen LogP contribution in [0.2, 0.25) is 0 Å². The predicted molar refractivity (Wildman–Crippen MR) is 30.5 cm³/mol. The van der Waals surface area contributed by atoms with Crippen LogP contribution < -0.4 is 11.1 Å². The summed E-state index contributed by atoms with van der Waals surface area (Å²) in [6, 6.07) is -0.0463. The molecule has 8 heavy (non-hydrogen) atoms. The third-order valence-corrected chi connectivity index (χ3v) is 1.39. The highest BCUT2D eigenvalue weighted by atomic mass is 16.1. The third-order valence-electron chi connectivity index (χ3n) is 1.39. The standard InChI is InChI=1S/C5H10N2O/c6-3-4-5(8)1-2-7-4/h4,7H,1-3,6H2. The molecule has 0 amide bonds. The van der Waals surface area contributed by atoms with Gasteiger partial charge in [0.2, 0.25) is 0 Å². The Hall–Kier alpha value is -0.410. The zero-order valence-corrected chi connectivity index (χ0v) is 4.68. The number of carbonyl (C=O) groups excluding carboxylic acids is 1. The van der Waals surface area contributed by atoms with Gasteiger partial charge in [-0.2, -0.15) is 0 Å². The van der Waals surface area contributed by atoms with Gasteiger partial charge in [0, 0.05) is 19.5 Å². The molecule has 1 unspecified atom stereocenters. The Kier molecular flexibility index (Phi) is 1.60. The summed E-state index contributed by atoms with van der Waals surface area (Å²) in [4.78, 5) is 10.7. The third kappa shape index (κ3) is 0.877. The minimum atomic E-state index is -0.0463. The van der Waals surface area contributed by atoms with Gasteiger partial charge in [0.25, 0.3) is 0 Å². The molecule has 0 spiro atoms. The van der Waals surface area contributed by atoms with Gasteiger partial charge < -0.3 is 11.1 Å². The van der Waals surface area contributed by atoms with Crippen molar-refractivity contribution in [1.29, 1.82) is 0 Å². The van der Waals surface area contributed by atoms with Crippen LogP contribution >= 0.6 is 0 Å². The SMILES string of the molecule is NCC1NCCC1=O. The number of nitrogens with one attached hydrogen (secondary N) is 1. The molecule has 46 valence electrons. The van der Waals surface area contributed by atoms with Crippen molar-refractivity contribution in [3.63, 3.8) is 0 Å². The Balaban J connectivity index is 2.42. The van der Waals surface area contributed by atoms with Crippen molar-refractivity contribution in [2.75, 3.05) is 13.1 Å². The second-order valence-electron chi connectivity index (χ2n) is 1.96. The van der Waals surface area contributed by atoms with Gasteiger partial charge in [-0.15, -0.1) is 0 Å². The van der Waals surface area contributed by atoms with Crippen molar-refractivity contribution in [3.8, 4) is 0 Å². The monoisotopic (exact) mass is 114 g/mol. The molecular weight excluding hydrogens is 104 g/mol. The van der Waals surface area contributed by atoms with Crippen LogP contribution in [-0.2, 0) is 4.79 Å². The van der Waals surface area contributed by atoms with E-state index in [1.165, 1.54) is 0 Å². The maximum atomic E-state index is 10.7. The highest BCUT2D eigenvalue weighted by molar-refractivity contribution is 5.86. The first kappa shape index (κ1) is 5.72. The number of rotatable bonds is 1. The molecule has 1 aliphatic rings. The highest BCUT2D eigenvalue weighted by Gasteiger charge is 2.20. The van der Waals surface area contributed by atoms with E-state index in [1.54, 1.807) is 0 Å². The van der Waals surface area contributed by atoms with Gasteiger partial charge >= 0.3 is 0 Å². The summed E-state index contributed by atoms with van der Waals surface area (Å²) in [6.45, 7) is 1.25. The quantitative estimate of drug-likeness (QED) is 0.454. The lowest BCUT2D eigenvalue weighted by Gasteiger charge is -2.01. The van der Waals surface area contributed by atoms with Gasteiger partial charge in [0.05, 0.1) is 6.04 Å². The first-order valence-corrected chi connectivity index (χ1v) is 2.81. The fourth-order valence-corrected chi connectivity index (χ4v) is 0.872. The fourth-order valence-electron chi connectivity index (χ4n) is 0.872. The lowest BCUT2D eigenvalue weighted by Crippen LogP contribution is -2.34. The summed E-state index contributed by atoms with van der Waals surface area (Å²) in [5.74, 6) is 0.257. The Morgan fingerprint density at radius 2 is 2.62 bits per heavy atom. The van der Waals surface area contributed by atoms with Gasteiger partial charge in [0.15, 0.2) is 5.78 Å². The number of Topliss-reactive ketones (excluding diaryl/α,β-unsaturated/α-hetero) is 1. The predicted octanol–water partition coefficient (Wildman–Crippen LogP) is -1.12. The van der Waals surface area contributed by atoms with Crippen molar-refractivity contribution < 1.29 is 4.79 Å². The summed E-state index contributed by atoms with van der Waals surface area (Å²) >= 11 is 0.